The molecule has 0 saturated carbocycles. The molecule has 3 heteroatoms. The number of rotatable bonds is 1. The first-order valence-corrected chi connectivity index (χ1v) is 4.67. The number of nitrogens with two attached hydrogens (primary N) is 1. The number of hydrogen-bond acceptors (Lipinski definition) is 2. The van der Waals surface area contributed by atoms with Gasteiger partial charge in [0.1, 0.15) is 6.04 Å². The zero-order valence-electron chi connectivity index (χ0n) is 8.40. The topological polar surface area (TPSA) is 46.3 Å². The van der Waals surface area contributed by atoms with Crippen LogP contribution < -0.4 is 5.73 Å². The minimum absolute atomic E-state index is 0.0105. The van der Waals surface area contributed by atoms with Gasteiger partial charge in [-0.15, -0.1) is 0 Å². The van der Waals surface area contributed by atoms with E-state index in [1.165, 1.54) is 0 Å². The van der Waals surface area contributed by atoms with Crippen molar-refractivity contribution in [3.63, 3.8) is 0 Å². The molecule has 1 heterocycles. The molecule has 14 heavy (non-hydrogen) atoms. The second-order valence-electron chi connectivity index (χ2n) is 3.89. The Bertz CT molecular complexity index is 349. The van der Waals surface area contributed by atoms with Gasteiger partial charge in [-0.05, 0) is 12.5 Å². The predicted octanol–water partition coefficient (Wildman–Crippen LogP) is 0.701. The van der Waals surface area contributed by atoms with E-state index in [-0.39, 0.29) is 11.4 Å². The summed E-state index contributed by atoms with van der Waals surface area (Å²) in [5.74, 6) is 0.0105. The van der Waals surface area contributed by atoms with Gasteiger partial charge in [-0.1, -0.05) is 30.3 Å². The highest BCUT2D eigenvalue weighted by molar-refractivity contribution is 5.91. The van der Waals surface area contributed by atoms with Gasteiger partial charge in [0.15, 0.2) is 0 Å². The summed E-state index contributed by atoms with van der Waals surface area (Å²) in [7, 11) is 1.79. The SMILES string of the molecule is CN1C(=O)[C@H](N)[C@]1(C)c1ccccc1. The monoisotopic (exact) mass is 190 g/mol. The van der Waals surface area contributed by atoms with Crippen molar-refractivity contribution in [2.75, 3.05) is 7.05 Å². The smallest absolute Gasteiger partial charge is 0.242 e. The molecule has 1 aliphatic rings. The molecule has 0 spiro atoms. The van der Waals surface area contributed by atoms with Crippen LogP contribution in [0, 0.1) is 0 Å². The number of β-lactam (4-membered cyclic amide) rings is 1. The number of likely N-dealkylation sites (tertiary alicyclic amines) is 1. The van der Waals surface area contributed by atoms with E-state index in [9.17, 15) is 4.79 Å². The molecule has 3 nitrogen and oxygen atoms in total. The average Bonchev–Trinajstić information content (AvgIpc) is 2.27. The molecule has 0 radical (unpaired) electrons. The third-order valence-corrected chi connectivity index (χ3v) is 3.26. The van der Waals surface area contributed by atoms with Gasteiger partial charge < -0.3 is 10.6 Å². The fraction of sp³-hybridized carbons (Fsp3) is 0.364. The molecule has 1 fully saturated rings. The summed E-state index contributed by atoms with van der Waals surface area (Å²) in [6, 6.07) is 9.48. The number of benzene rings is 1. The van der Waals surface area contributed by atoms with E-state index in [2.05, 4.69) is 0 Å². The summed E-state index contributed by atoms with van der Waals surface area (Å²) in [5, 5.41) is 0. The lowest BCUT2D eigenvalue weighted by atomic mass is 9.76. The van der Waals surface area contributed by atoms with Crippen molar-refractivity contribution in [2.24, 2.45) is 5.73 Å². The van der Waals surface area contributed by atoms with Crippen molar-refractivity contribution >= 4 is 5.91 Å². The first-order chi connectivity index (χ1) is 6.58. The molecule has 1 aromatic carbocycles. The van der Waals surface area contributed by atoms with Crippen molar-refractivity contribution in [2.45, 2.75) is 18.5 Å². The lowest BCUT2D eigenvalue weighted by Gasteiger charge is -2.53. The molecule has 1 saturated heterocycles. The van der Waals surface area contributed by atoms with Gasteiger partial charge in [0.25, 0.3) is 0 Å². The predicted molar refractivity (Wildman–Crippen MR) is 54.5 cm³/mol. The quantitative estimate of drug-likeness (QED) is 0.663. The molecule has 1 aliphatic heterocycles. The Hall–Kier alpha value is -1.35. The molecule has 2 N–H and O–H groups in total. The van der Waals surface area contributed by atoms with Crippen LogP contribution in [0.3, 0.4) is 0 Å². The van der Waals surface area contributed by atoms with E-state index in [1.807, 2.05) is 37.3 Å². The average molecular weight is 190 g/mol. The summed E-state index contributed by atoms with van der Waals surface area (Å²) in [6.45, 7) is 1.99. The van der Waals surface area contributed by atoms with Crippen molar-refractivity contribution in [1.29, 1.82) is 0 Å². The maximum atomic E-state index is 11.4. The van der Waals surface area contributed by atoms with E-state index in [1.54, 1.807) is 11.9 Å². The molecule has 74 valence electrons. The summed E-state index contributed by atoms with van der Waals surface area (Å²) in [5.41, 5.74) is 6.59. The molecule has 0 bridgehead atoms. The highest BCUT2D eigenvalue weighted by Gasteiger charge is 2.53. The number of nitrogens with zero attached hydrogens (tertiary/aromatic N) is 1. The zero-order chi connectivity index (χ0) is 10.3. The van der Waals surface area contributed by atoms with Crippen molar-refractivity contribution in [3.8, 4) is 0 Å². The standard InChI is InChI=1S/C11H14N2O/c1-11(8-6-4-3-5-7-8)9(12)10(14)13(11)2/h3-7,9H,12H2,1-2H3/t9-,11-/m0/s1. The lowest BCUT2D eigenvalue weighted by molar-refractivity contribution is -0.157. The van der Waals surface area contributed by atoms with E-state index >= 15 is 0 Å². The minimum atomic E-state index is -0.408. The second kappa shape index (κ2) is 2.82. The lowest BCUT2D eigenvalue weighted by Crippen LogP contribution is -2.72. The van der Waals surface area contributed by atoms with E-state index in [0.717, 1.165) is 5.56 Å². The molecular weight excluding hydrogens is 176 g/mol. The molecular formula is C11H14N2O. The number of hydrogen-bond donors (Lipinski definition) is 1. The van der Waals surface area contributed by atoms with Crippen molar-refractivity contribution in [1.82, 2.24) is 4.90 Å². The summed E-state index contributed by atoms with van der Waals surface area (Å²) < 4.78 is 0. The summed E-state index contributed by atoms with van der Waals surface area (Å²) in [6.07, 6.45) is 0. The van der Waals surface area contributed by atoms with Crippen LogP contribution in [-0.2, 0) is 10.3 Å². The summed E-state index contributed by atoms with van der Waals surface area (Å²) in [4.78, 5) is 13.1. The Morgan fingerprint density at radius 3 is 2.43 bits per heavy atom. The van der Waals surface area contributed by atoms with Gasteiger partial charge >= 0.3 is 0 Å². The number of carbonyl (C=O) groups excluding carboxylic acids is 1. The third-order valence-electron chi connectivity index (χ3n) is 3.26. The Labute approximate surface area is 83.5 Å². The molecule has 1 aromatic rings. The van der Waals surface area contributed by atoms with Crippen LogP contribution in [0.2, 0.25) is 0 Å². The van der Waals surface area contributed by atoms with Crippen LogP contribution >= 0.6 is 0 Å². The molecule has 2 atom stereocenters. The van der Waals surface area contributed by atoms with Crippen LogP contribution in [0.25, 0.3) is 0 Å². The fourth-order valence-electron chi connectivity index (χ4n) is 1.97. The third kappa shape index (κ3) is 0.930. The second-order valence-corrected chi connectivity index (χ2v) is 3.89. The van der Waals surface area contributed by atoms with Crippen molar-refractivity contribution < 1.29 is 4.79 Å². The maximum absolute atomic E-state index is 11.4. The Morgan fingerprint density at radius 2 is 1.93 bits per heavy atom. The van der Waals surface area contributed by atoms with Crippen LogP contribution in [-0.4, -0.2) is 23.9 Å². The van der Waals surface area contributed by atoms with Crippen LogP contribution in [0.5, 0.6) is 0 Å². The van der Waals surface area contributed by atoms with Crippen molar-refractivity contribution in [3.05, 3.63) is 35.9 Å². The minimum Gasteiger partial charge on any atom is -0.333 e. The Balaban J connectivity index is 2.40. The molecule has 0 aromatic heterocycles. The number of likely N-dealkylation sites (N-methyl/N-ethyl adjacent to an activating group) is 1. The zero-order valence-corrected chi connectivity index (χ0v) is 8.40. The molecule has 0 aliphatic carbocycles. The van der Waals surface area contributed by atoms with Crippen LogP contribution in [0.1, 0.15) is 12.5 Å². The fourth-order valence-corrected chi connectivity index (χ4v) is 1.97. The molecule has 0 unspecified atom stereocenters. The van der Waals surface area contributed by atoms with E-state index < -0.39 is 6.04 Å². The van der Waals surface area contributed by atoms with E-state index in [0.29, 0.717) is 0 Å². The van der Waals surface area contributed by atoms with Gasteiger partial charge in [-0.3, -0.25) is 4.79 Å². The normalized spacial score (nSPS) is 31.5. The van der Waals surface area contributed by atoms with Gasteiger partial charge in [0, 0.05) is 7.05 Å². The van der Waals surface area contributed by atoms with Crippen LogP contribution in [0.4, 0.5) is 0 Å². The summed E-state index contributed by atoms with van der Waals surface area (Å²) >= 11 is 0. The van der Waals surface area contributed by atoms with Gasteiger partial charge in [-0.25, -0.2) is 0 Å². The van der Waals surface area contributed by atoms with Gasteiger partial charge in [0.05, 0.1) is 5.54 Å². The number of carbonyl (C=O) groups is 1. The van der Waals surface area contributed by atoms with Gasteiger partial charge in [-0.2, -0.15) is 0 Å². The van der Waals surface area contributed by atoms with E-state index in [4.69, 9.17) is 5.73 Å². The van der Waals surface area contributed by atoms with Gasteiger partial charge in [0.2, 0.25) is 5.91 Å². The number of amides is 1. The maximum Gasteiger partial charge on any atom is 0.242 e. The first-order valence-electron chi connectivity index (χ1n) is 4.67. The first kappa shape index (κ1) is 9.21. The largest absolute Gasteiger partial charge is 0.333 e. The Morgan fingerprint density at radius 1 is 1.36 bits per heavy atom. The molecule has 2 rings (SSSR count). The highest BCUT2D eigenvalue weighted by Crippen LogP contribution is 2.38. The van der Waals surface area contributed by atoms with Crippen LogP contribution in [0.15, 0.2) is 30.3 Å². The highest BCUT2D eigenvalue weighted by atomic mass is 16.2. The Kier molecular flexibility index (Phi) is 1.86. The molecule has 1 amide bonds.